The summed E-state index contributed by atoms with van der Waals surface area (Å²) < 4.78 is 8.55. The lowest BCUT2D eigenvalue weighted by Gasteiger charge is -2.06. The summed E-state index contributed by atoms with van der Waals surface area (Å²) in [5.41, 5.74) is 5.41. The molecule has 1 aromatic carbocycles. The van der Waals surface area contributed by atoms with E-state index >= 15 is 0 Å². The number of methoxy groups -OCH3 is 1. The third-order valence-corrected chi connectivity index (χ3v) is 5.23. The molecule has 8 heteroatoms. The van der Waals surface area contributed by atoms with E-state index in [9.17, 15) is 4.79 Å². The summed E-state index contributed by atoms with van der Waals surface area (Å²) in [6.07, 6.45) is 5.12. The Balaban J connectivity index is 1.55. The van der Waals surface area contributed by atoms with E-state index in [4.69, 9.17) is 14.8 Å². The van der Waals surface area contributed by atoms with Gasteiger partial charge in [0.1, 0.15) is 0 Å². The predicted octanol–water partition coefficient (Wildman–Crippen LogP) is 2.96. The summed E-state index contributed by atoms with van der Waals surface area (Å²) in [7, 11) is 3.37. The summed E-state index contributed by atoms with van der Waals surface area (Å²) >= 11 is 0. The van der Waals surface area contributed by atoms with Crippen LogP contribution in [0.4, 0.5) is 5.82 Å². The molecule has 5 rings (SSSR count). The third kappa shape index (κ3) is 3.30. The molecular formula is C21H22N6O2. The lowest BCUT2D eigenvalue weighted by atomic mass is 10.0. The normalized spacial score (nSPS) is 13.9. The van der Waals surface area contributed by atoms with E-state index in [2.05, 4.69) is 16.4 Å². The molecule has 1 fully saturated rings. The van der Waals surface area contributed by atoms with Crippen molar-refractivity contribution in [2.45, 2.75) is 31.7 Å². The second kappa shape index (κ2) is 6.88. The molecular weight excluding hydrogens is 368 g/mol. The van der Waals surface area contributed by atoms with E-state index in [1.165, 1.54) is 20.0 Å². The maximum Gasteiger partial charge on any atom is 0.305 e. The predicted molar refractivity (Wildman–Crippen MR) is 110 cm³/mol. The van der Waals surface area contributed by atoms with E-state index in [0.29, 0.717) is 18.9 Å². The number of hydrogen-bond donors (Lipinski definition) is 1. The summed E-state index contributed by atoms with van der Waals surface area (Å²) in [6, 6.07) is 10.6. The topological polar surface area (TPSA) is 86.3 Å². The Bertz CT molecular complexity index is 1220. The first-order chi connectivity index (χ1) is 14.1. The molecule has 1 N–H and O–H groups in total. The largest absolute Gasteiger partial charge is 0.469 e. The number of anilines is 1. The Morgan fingerprint density at radius 1 is 1.31 bits per heavy atom. The van der Waals surface area contributed by atoms with Crippen LogP contribution in [0.3, 0.4) is 0 Å². The van der Waals surface area contributed by atoms with Crippen LogP contribution in [0.25, 0.3) is 28.1 Å². The number of aromatic nitrogens is 5. The molecule has 8 nitrogen and oxygen atoms in total. The number of rotatable bonds is 6. The van der Waals surface area contributed by atoms with Crippen LogP contribution in [0.2, 0.25) is 0 Å². The van der Waals surface area contributed by atoms with Crippen LogP contribution in [0.15, 0.2) is 36.7 Å². The fourth-order valence-corrected chi connectivity index (χ4v) is 3.51. The first kappa shape index (κ1) is 17.7. The highest BCUT2D eigenvalue weighted by molar-refractivity contribution is 5.86. The van der Waals surface area contributed by atoms with E-state index in [-0.39, 0.29) is 5.97 Å². The Kier molecular flexibility index (Phi) is 4.19. The first-order valence-corrected chi connectivity index (χ1v) is 9.76. The smallest absolute Gasteiger partial charge is 0.305 e. The maximum atomic E-state index is 11.4. The monoisotopic (exact) mass is 390 g/mol. The van der Waals surface area contributed by atoms with Gasteiger partial charge in [-0.05, 0) is 30.9 Å². The zero-order chi connectivity index (χ0) is 20.0. The minimum Gasteiger partial charge on any atom is -0.469 e. The Morgan fingerprint density at radius 2 is 2.17 bits per heavy atom. The maximum absolute atomic E-state index is 11.4. The number of fused-ring (bicyclic) bond motifs is 3. The highest BCUT2D eigenvalue weighted by Crippen LogP contribution is 2.30. The van der Waals surface area contributed by atoms with Crippen LogP contribution >= 0.6 is 0 Å². The molecule has 0 atom stereocenters. The third-order valence-electron chi connectivity index (χ3n) is 5.23. The van der Waals surface area contributed by atoms with Crippen molar-refractivity contribution in [3.8, 4) is 11.3 Å². The number of nitrogens with zero attached hydrogens (tertiary/aromatic N) is 5. The van der Waals surface area contributed by atoms with Gasteiger partial charge in [0.15, 0.2) is 22.6 Å². The van der Waals surface area contributed by atoms with Gasteiger partial charge >= 0.3 is 5.97 Å². The van der Waals surface area contributed by atoms with Gasteiger partial charge in [0.25, 0.3) is 0 Å². The SMILES string of the molecule is COC(=O)CCc1cccc(-c2cc3nc(NC4CC4)c4ncn(C)c4n3n2)c1. The Hall–Kier alpha value is -3.42. The lowest BCUT2D eigenvalue weighted by Crippen LogP contribution is -2.07. The number of imidazole rings is 1. The van der Waals surface area contributed by atoms with Crippen molar-refractivity contribution in [1.29, 1.82) is 0 Å². The number of hydrogen-bond acceptors (Lipinski definition) is 6. The van der Waals surface area contributed by atoms with Crippen molar-refractivity contribution in [3.63, 3.8) is 0 Å². The van der Waals surface area contributed by atoms with E-state index < -0.39 is 0 Å². The number of aryl methyl sites for hydroxylation is 2. The van der Waals surface area contributed by atoms with Crippen molar-refractivity contribution in [2.75, 3.05) is 12.4 Å². The molecule has 0 saturated heterocycles. The van der Waals surface area contributed by atoms with E-state index in [1.807, 2.05) is 40.4 Å². The minimum atomic E-state index is -0.207. The second-order valence-electron chi connectivity index (χ2n) is 7.48. The quantitative estimate of drug-likeness (QED) is 0.510. The average molecular weight is 390 g/mol. The van der Waals surface area contributed by atoms with Crippen molar-refractivity contribution in [3.05, 3.63) is 42.2 Å². The van der Waals surface area contributed by atoms with Crippen molar-refractivity contribution in [1.82, 2.24) is 24.1 Å². The average Bonchev–Trinajstić information content (AvgIpc) is 3.31. The fourth-order valence-electron chi connectivity index (χ4n) is 3.51. The van der Waals surface area contributed by atoms with E-state index in [0.717, 1.165) is 39.4 Å². The number of esters is 1. The van der Waals surface area contributed by atoms with Crippen LogP contribution in [0.5, 0.6) is 0 Å². The summed E-state index contributed by atoms with van der Waals surface area (Å²) in [5, 5.41) is 8.29. The number of nitrogens with one attached hydrogen (secondary N) is 1. The van der Waals surface area contributed by atoms with Crippen LogP contribution in [0.1, 0.15) is 24.8 Å². The molecule has 1 aliphatic rings. The van der Waals surface area contributed by atoms with Gasteiger partial charge in [-0.3, -0.25) is 4.79 Å². The highest BCUT2D eigenvalue weighted by Gasteiger charge is 2.24. The Morgan fingerprint density at radius 3 is 2.97 bits per heavy atom. The van der Waals surface area contributed by atoms with Crippen molar-refractivity contribution in [2.24, 2.45) is 7.05 Å². The van der Waals surface area contributed by atoms with Gasteiger partial charge in [-0.15, -0.1) is 0 Å². The van der Waals surface area contributed by atoms with Crippen molar-refractivity contribution < 1.29 is 9.53 Å². The van der Waals surface area contributed by atoms with Gasteiger partial charge in [-0.1, -0.05) is 18.2 Å². The molecule has 0 unspecified atom stereocenters. The molecule has 4 aromatic rings. The summed E-state index contributed by atoms with van der Waals surface area (Å²) in [4.78, 5) is 20.8. The molecule has 1 aliphatic carbocycles. The zero-order valence-corrected chi connectivity index (χ0v) is 16.4. The molecule has 148 valence electrons. The van der Waals surface area contributed by atoms with Crippen LogP contribution in [-0.2, 0) is 23.0 Å². The minimum absolute atomic E-state index is 0.207. The molecule has 3 heterocycles. The molecule has 0 amide bonds. The molecule has 3 aromatic heterocycles. The lowest BCUT2D eigenvalue weighted by molar-refractivity contribution is -0.140. The fraction of sp³-hybridized carbons (Fsp3) is 0.333. The molecule has 0 radical (unpaired) electrons. The number of ether oxygens (including phenoxy) is 1. The van der Waals surface area contributed by atoms with Gasteiger partial charge in [0.05, 0.1) is 19.1 Å². The molecule has 1 saturated carbocycles. The standard InChI is InChI=1S/C21H22N6O2/c1-26-12-22-19-20(23-15-7-8-15)24-17-11-16(25-27(17)21(19)26)14-5-3-4-13(10-14)6-9-18(28)29-2/h3-5,10-12,15H,6-9H2,1-2H3,(H,23,24). The van der Waals surface area contributed by atoms with Gasteiger partial charge < -0.3 is 14.6 Å². The molecule has 0 spiro atoms. The van der Waals surface area contributed by atoms with Gasteiger partial charge in [-0.2, -0.15) is 9.61 Å². The first-order valence-electron chi connectivity index (χ1n) is 9.76. The van der Waals surface area contributed by atoms with Gasteiger partial charge in [0, 0.05) is 31.1 Å². The highest BCUT2D eigenvalue weighted by atomic mass is 16.5. The van der Waals surface area contributed by atoms with Crippen molar-refractivity contribution >= 4 is 28.6 Å². The Labute approximate surface area is 167 Å². The molecule has 0 aliphatic heterocycles. The number of carbonyl (C=O) groups is 1. The van der Waals surface area contributed by atoms with Gasteiger partial charge in [-0.25, -0.2) is 9.97 Å². The zero-order valence-electron chi connectivity index (χ0n) is 16.4. The summed E-state index contributed by atoms with van der Waals surface area (Å²) in [5.74, 6) is 0.607. The van der Waals surface area contributed by atoms with Crippen LogP contribution in [0, 0.1) is 0 Å². The number of benzene rings is 1. The van der Waals surface area contributed by atoms with E-state index in [1.54, 1.807) is 6.33 Å². The van der Waals surface area contributed by atoms with Crippen LogP contribution < -0.4 is 5.32 Å². The number of carbonyl (C=O) groups excluding carboxylic acids is 1. The van der Waals surface area contributed by atoms with Crippen LogP contribution in [-0.4, -0.2) is 43.3 Å². The summed E-state index contributed by atoms with van der Waals surface area (Å²) in [6.45, 7) is 0. The molecule has 29 heavy (non-hydrogen) atoms. The van der Waals surface area contributed by atoms with Gasteiger partial charge in [0.2, 0.25) is 0 Å². The molecule has 0 bridgehead atoms. The second-order valence-corrected chi connectivity index (χ2v) is 7.48.